The molecular formula is C21H15N5O3. The number of aromatic nitrogens is 3. The maximum Gasteiger partial charge on any atom is 0.269 e. The van der Waals surface area contributed by atoms with Crippen LogP contribution in [0, 0.1) is 28.4 Å². The molecule has 142 valence electrons. The highest BCUT2D eigenvalue weighted by Crippen LogP contribution is 2.34. The van der Waals surface area contributed by atoms with Crippen LogP contribution in [0.3, 0.4) is 0 Å². The second-order valence-electron chi connectivity index (χ2n) is 6.40. The van der Waals surface area contributed by atoms with Crippen LogP contribution in [0.15, 0.2) is 48.5 Å². The van der Waals surface area contributed by atoms with E-state index in [0.717, 1.165) is 11.1 Å². The normalized spacial score (nSPS) is 10.7. The van der Waals surface area contributed by atoms with E-state index in [4.69, 9.17) is 4.74 Å². The SMILES string of the molecule is COc1ccc(-c2nc3[nH]nc(-c4ccc([N+](=O)[O-])cc4)c3c(C)c2C#N)cc1. The van der Waals surface area contributed by atoms with Gasteiger partial charge in [0.1, 0.15) is 17.5 Å². The number of methoxy groups -OCH3 is 1. The van der Waals surface area contributed by atoms with Crippen LogP contribution in [-0.2, 0) is 0 Å². The van der Waals surface area contributed by atoms with Crippen LogP contribution >= 0.6 is 0 Å². The zero-order valence-electron chi connectivity index (χ0n) is 15.6. The van der Waals surface area contributed by atoms with Crippen molar-refractivity contribution >= 4 is 16.7 Å². The second-order valence-corrected chi connectivity index (χ2v) is 6.40. The first-order valence-corrected chi connectivity index (χ1v) is 8.71. The van der Waals surface area contributed by atoms with E-state index >= 15 is 0 Å². The maximum absolute atomic E-state index is 10.9. The average Bonchev–Trinajstić information content (AvgIpc) is 3.18. The Morgan fingerprint density at radius 1 is 1.07 bits per heavy atom. The lowest BCUT2D eigenvalue weighted by Crippen LogP contribution is -1.95. The Labute approximate surface area is 165 Å². The maximum atomic E-state index is 10.9. The van der Waals surface area contributed by atoms with Crippen molar-refractivity contribution in [1.82, 2.24) is 15.2 Å². The second kappa shape index (κ2) is 7.05. The van der Waals surface area contributed by atoms with E-state index in [-0.39, 0.29) is 5.69 Å². The fourth-order valence-corrected chi connectivity index (χ4v) is 3.28. The van der Waals surface area contributed by atoms with E-state index in [9.17, 15) is 15.4 Å². The highest BCUT2D eigenvalue weighted by Gasteiger charge is 2.19. The van der Waals surface area contributed by atoms with E-state index in [1.165, 1.54) is 12.1 Å². The van der Waals surface area contributed by atoms with Gasteiger partial charge in [-0.15, -0.1) is 0 Å². The molecule has 0 fully saturated rings. The number of pyridine rings is 1. The van der Waals surface area contributed by atoms with Gasteiger partial charge in [-0.25, -0.2) is 4.98 Å². The number of fused-ring (bicyclic) bond motifs is 1. The van der Waals surface area contributed by atoms with Crippen molar-refractivity contribution in [2.75, 3.05) is 7.11 Å². The third kappa shape index (κ3) is 3.04. The van der Waals surface area contributed by atoms with Gasteiger partial charge in [-0.1, -0.05) is 0 Å². The predicted octanol–water partition coefficient (Wildman–Crippen LogP) is 4.39. The van der Waals surface area contributed by atoms with Gasteiger partial charge in [0, 0.05) is 23.3 Å². The molecule has 0 spiro atoms. The van der Waals surface area contributed by atoms with Gasteiger partial charge in [-0.3, -0.25) is 15.2 Å². The number of ether oxygens (including phenoxy) is 1. The molecule has 1 N–H and O–H groups in total. The zero-order chi connectivity index (χ0) is 20.5. The predicted molar refractivity (Wildman–Crippen MR) is 107 cm³/mol. The van der Waals surface area contributed by atoms with Gasteiger partial charge in [-0.2, -0.15) is 10.4 Å². The Bertz CT molecular complexity index is 1270. The minimum absolute atomic E-state index is 0.00273. The van der Waals surface area contributed by atoms with Crippen LogP contribution in [0.5, 0.6) is 5.75 Å². The third-order valence-electron chi connectivity index (χ3n) is 4.78. The Kier molecular flexibility index (Phi) is 4.41. The molecule has 0 amide bonds. The van der Waals surface area contributed by atoms with E-state index in [1.807, 2.05) is 31.2 Å². The molecule has 0 atom stereocenters. The summed E-state index contributed by atoms with van der Waals surface area (Å²) in [4.78, 5) is 15.1. The molecule has 0 saturated carbocycles. The number of non-ortho nitro benzene ring substituents is 1. The number of rotatable bonds is 4. The molecule has 8 heteroatoms. The fourth-order valence-electron chi connectivity index (χ4n) is 3.28. The van der Waals surface area contributed by atoms with Gasteiger partial charge in [0.2, 0.25) is 0 Å². The van der Waals surface area contributed by atoms with Crippen LogP contribution in [0.4, 0.5) is 5.69 Å². The van der Waals surface area contributed by atoms with Crippen LogP contribution in [-0.4, -0.2) is 27.2 Å². The van der Waals surface area contributed by atoms with Gasteiger partial charge in [0.05, 0.1) is 28.7 Å². The molecule has 4 aromatic rings. The molecule has 0 unspecified atom stereocenters. The first-order valence-electron chi connectivity index (χ1n) is 8.71. The van der Waals surface area contributed by atoms with E-state index in [0.29, 0.717) is 39.3 Å². The summed E-state index contributed by atoms with van der Waals surface area (Å²) in [5.74, 6) is 0.715. The van der Waals surface area contributed by atoms with Crippen molar-refractivity contribution in [3.63, 3.8) is 0 Å². The molecule has 29 heavy (non-hydrogen) atoms. The Hall–Kier alpha value is -4.25. The van der Waals surface area contributed by atoms with Crippen molar-refractivity contribution in [2.24, 2.45) is 0 Å². The molecule has 2 heterocycles. The van der Waals surface area contributed by atoms with Gasteiger partial charge in [0.15, 0.2) is 5.65 Å². The van der Waals surface area contributed by atoms with Gasteiger partial charge >= 0.3 is 0 Å². The number of aromatic amines is 1. The molecule has 2 aromatic carbocycles. The summed E-state index contributed by atoms with van der Waals surface area (Å²) in [5.41, 5.74) is 4.38. The Balaban J connectivity index is 1.89. The topological polar surface area (TPSA) is 118 Å². The van der Waals surface area contributed by atoms with Gasteiger partial charge in [0.25, 0.3) is 5.69 Å². The summed E-state index contributed by atoms with van der Waals surface area (Å²) in [7, 11) is 1.59. The van der Waals surface area contributed by atoms with E-state index in [2.05, 4.69) is 21.3 Å². The minimum atomic E-state index is -0.450. The van der Waals surface area contributed by atoms with Crippen molar-refractivity contribution < 1.29 is 9.66 Å². The van der Waals surface area contributed by atoms with Crippen molar-refractivity contribution in [3.05, 3.63) is 69.8 Å². The lowest BCUT2D eigenvalue weighted by molar-refractivity contribution is -0.384. The average molecular weight is 385 g/mol. The van der Waals surface area contributed by atoms with Crippen molar-refractivity contribution in [1.29, 1.82) is 5.26 Å². The summed E-state index contributed by atoms with van der Waals surface area (Å²) < 4.78 is 5.19. The van der Waals surface area contributed by atoms with Crippen LogP contribution < -0.4 is 4.74 Å². The number of nitrogens with one attached hydrogen (secondary N) is 1. The van der Waals surface area contributed by atoms with E-state index < -0.39 is 4.92 Å². The lowest BCUT2D eigenvalue weighted by atomic mass is 9.97. The fraction of sp³-hybridized carbons (Fsp3) is 0.0952. The van der Waals surface area contributed by atoms with Gasteiger partial charge < -0.3 is 4.74 Å². The van der Waals surface area contributed by atoms with Crippen LogP contribution in [0.1, 0.15) is 11.1 Å². The summed E-state index contributed by atoms with van der Waals surface area (Å²) in [5, 5.41) is 28.7. The number of nitro groups is 1. The molecule has 0 aliphatic carbocycles. The first-order chi connectivity index (χ1) is 14.0. The highest BCUT2D eigenvalue weighted by atomic mass is 16.6. The summed E-state index contributed by atoms with van der Waals surface area (Å²) in [6.07, 6.45) is 0. The van der Waals surface area contributed by atoms with Crippen molar-refractivity contribution in [2.45, 2.75) is 6.92 Å². The standard InChI is InChI=1S/C21H15N5O3/c1-12-17(11-22)19(13-5-9-16(29-2)10-6-13)23-21-18(12)20(24-25-21)14-3-7-15(8-4-14)26(27)28/h3-10H,1-2H3,(H,23,24,25). The third-order valence-corrected chi connectivity index (χ3v) is 4.78. The molecule has 0 aliphatic rings. The Morgan fingerprint density at radius 2 is 1.69 bits per heavy atom. The summed E-state index contributed by atoms with van der Waals surface area (Å²) in [6, 6.07) is 15.7. The lowest BCUT2D eigenvalue weighted by Gasteiger charge is -2.09. The number of nitro benzene ring substituents is 1. The van der Waals surface area contributed by atoms with E-state index in [1.54, 1.807) is 19.2 Å². The largest absolute Gasteiger partial charge is 0.497 e. The quantitative estimate of drug-likeness (QED) is 0.411. The number of H-pyrrole nitrogens is 1. The molecule has 0 aliphatic heterocycles. The molecule has 0 saturated heterocycles. The molecule has 0 bridgehead atoms. The number of aryl methyl sites for hydroxylation is 1. The molecular weight excluding hydrogens is 370 g/mol. The van der Waals surface area contributed by atoms with Crippen LogP contribution in [0.25, 0.3) is 33.5 Å². The summed E-state index contributed by atoms with van der Waals surface area (Å²) in [6.45, 7) is 1.85. The minimum Gasteiger partial charge on any atom is -0.497 e. The monoisotopic (exact) mass is 385 g/mol. The van der Waals surface area contributed by atoms with Crippen molar-refractivity contribution in [3.8, 4) is 34.3 Å². The number of hydrogen-bond donors (Lipinski definition) is 1. The molecule has 4 rings (SSSR count). The number of nitriles is 1. The van der Waals surface area contributed by atoms with Gasteiger partial charge in [-0.05, 0) is 48.9 Å². The number of hydrogen-bond acceptors (Lipinski definition) is 6. The molecule has 8 nitrogen and oxygen atoms in total. The zero-order valence-corrected chi connectivity index (χ0v) is 15.6. The number of benzene rings is 2. The first kappa shape index (κ1) is 18.1. The Morgan fingerprint density at radius 3 is 2.28 bits per heavy atom. The van der Waals surface area contributed by atoms with Crippen LogP contribution in [0.2, 0.25) is 0 Å². The highest BCUT2D eigenvalue weighted by molar-refractivity contribution is 5.96. The number of nitrogens with zero attached hydrogens (tertiary/aromatic N) is 4. The molecule has 0 radical (unpaired) electrons. The molecule has 2 aromatic heterocycles. The summed E-state index contributed by atoms with van der Waals surface area (Å²) >= 11 is 0. The smallest absolute Gasteiger partial charge is 0.269 e.